The summed E-state index contributed by atoms with van der Waals surface area (Å²) < 4.78 is 22.5. The van der Waals surface area contributed by atoms with Crippen molar-refractivity contribution in [1.29, 1.82) is 0 Å². The van der Waals surface area contributed by atoms with Crippen LogP contribution in [0, 0.1) is 6.92 Å². The number of carboxylic acids is 1. The Hall–Kier alpha value is -2.56. The van der Waals surface area contributed by atoms with Crippen molar-refractivity contribution < 1.29 is 18.3 Å². The zero-order chi connectivity index (χ0) is 17.6. The first kappa shape index (κ1) is 16.3. The number of aryl methyl sites for hydroxylation is 1. The van der Waals surface area contributed by atoms with E-state index in [1.807, 2.05) is 0 Å². The number of rotatable bonds is 3. The van der Waals surface area contributed by atoms with E-state index in [1.54, 1.807) is 6.92 Å². The first-order chi connectivity index (χ1) is 11.2. The van der Waals surface area contributed by atoms with E-state index in [2.05, 4.69) is 9.97 Å². The third-order valence-electron chi connectivity index (χ3n) is 3.45. The van der Waals surface area contributed by atoms with E-state index in [9.17, 15) is 18.0 Å². The van der Waals surface area contributed by atoms with Crippen molar-refractivity contribution in [2.24, 2.45) is 5.14 Å². The van der Waals surface area contributed by atoms with Crippen molar-refractivity contribution in [2.75, 3.05) is 0 Å². The average Bonchev–Trinajstić information content (AvgIpc) is 2.84. The molecule has 3 rings (SSSR count). The molecule has 0 atom stereocenters. The molecule has 0 aliphatic rings. The smallest absolute Gasteiger partial charge is 0.346 e. The fraction of sp³-hybridized carbons (Fsp3) is 0.0714. The average molecular weight is 365 g/mol. The Morgan fingerprint density at radius 3 is 2.46 bits per heavy atom. The number of nitrogens with one attached hydrogen (secondary N) is 1. The summed E-state index contributed by atoms with van der Waals surface area (Å²) in [6, 6.07) is 5.53. The number of carbonyl (C=O) groups is 1. The topological polar surface area (TPSA) is 143 Å². The Kier molecular flexibility index (Phi) is 3.74. The van der Waals surface area contributed by atoms with Gasteiger partial charge in [0.1, 0.15) is 15.5 Å². The number of benzene rings is 1. The Morgan fingerprint density at radius 2 is 1.92 bits per heavy atom. The largest absolute Gasteiger partial charge is 0.477 e. The molecular formula is C14H11N3O5S2. The van der Waals surface area contributed by atoms with Gasteiger partial charge in [-0.3, -0.25) is 4.79 Å². The van der Waals surface area contributed by atoms with E-state index in [1.165, 1.54) is 24.3 Å². The summed E-state index contributed by atoms with van der Waals surface area (Å²) in [5.74, 6) is -0.902. The number of nitrogens with two attached hydrogens (primary N) is 1. The molecule has 0 saturated carbocycles. The van der Waals surface area contributed by atoms with Gasteiger partial charge in [-0.2, -0.15) is 0 Å². The summed E-state index contributed by atoms with van der Waals surface area (Å²) >= 11 is 0.916. The number of carboxylic acid groups (broad SMARTS) is 1. The lowest BCUT2D eigenvalue weighted by molar-refractivity contribution is 0.0701. The van der Waals surface area contributed by atoms with E-state index in [0.717, 1.165) is 11.3 Å². The van der Waals surface area contributed by atoms with Crippen LogP contribution in [-0.4, -0.2) is 29.5 Å². The van der Waals surface area contributed by atoms with E-state index >= 15 is 0 Å². The van der Waals surface area contributed by atoms with Gasteiger partial charge in [-0.05, 0) is 36.8 Å². The number of aromatic amines is 1. The van der Waals surface area contributed by atoms with Gasteiger partial charge in [0.25, 0.3) is 5.56 Å². The number of aromatic nitrogens is 2. The molecule has 0 aliphatic carbocycles. The number of fused-ring (bicyclic) bond motifs is 1. The summed E-state index contributed by atoms with van der Waals surface area (Å²) in [6.45, 7) is 1.56. The Bertz CT molecular complexity index is 1130. The lowest BCUT2D eigenvalue weighted by atomic mass is 10.2. The first-order valence-corrected chi connectivity index (χ1v) is 8.94. The van der Waals surface area contributed by atoms with Crippen LogP contribution in [0.5, 0.6) is 0 Å². The number of sulfonamides is 1. The fourth-order valence-corrected chi connectivity index (χ4v) is 3.82. The molecular weight excluding hydrogens is 354 g/mol. The molecule has 3 aromatic rings. The molecule has 4 N–H and O–H groups in total. The summed E-state index contributed by atoms with van der Waals surface area (Å²) in [5.41, 5.74) is 0.392. The minimum absolute atomic E-state index is 0.0599. The zero-order valence-electron chi connectivity index (χ0n) is 12.2. The number of hydrogen-bond acceptors (Lipinski definition) is 6. The lowest BCUT2D eigenvalue weighted by Crippen LogP contribution is -2.12. The van der Waals surface area contributed by atoms with Gasteiger partial charge >= 0.3 is 5.97 Å². The molecule has 0 amide bonds. The van der Waals surface area contributed by atoms with E-state index < -0.39 is 21.6 Å². The molecule has 1 aromatic carbocycles. The van der Waals surface area contributed by atoms with Crippen molar-refractivity contribution in [3.8, 4) is 11.4 Å². The van der Waals surface area contributed by atoms with E-state index in [4.69, 9.17) is 10.2 Å². The number of H-pyrrole nitrogens is 1. The standard InChI is InChI=1S/C14H11N3O5S2/c1-6-9-12(18)16-11(17-13(9)23-10(6)14(19)20)7-2-4-8(5-3-7)24(15,21)22/h2-5H,1H3,(H,19,20)(H2,15,21,22)(H,16,17,18). The highest BCUT2D eigenvalue weighted by Crippen LogP contribution is 2.28. The van der Waals surface area contributed by atoms with Crippen LogP contribution in [0.25, 0.3) is 21.6 Å². The molecule has 0 bridgehead atoms. The van der Waals surface area contributed by atoms with Crippen molar-refractivity contribution in [2.45, 2.75) is 11.8 Å². The molecule has 2 heterocycles. The van der Waals surface area contributed by atoms with Crippen LogP contribution >= 0.6 is 11.3 Å². The van der Waals surface area contributed by atoms with Crippen molar-refractivity contribution in [3.63, 3.8) is 0 Å². The van der Waals surface area contributed by atoms with Crippen molar-refractivity contribution in [1.82, 2.24) is 9.97 Å². The number of nitrogens with zero attached hydrogens (tertiary/aromatic N) is 1. The van der Waals surface area contributed by atoms with Gasteiger partial charge in [0.05, 0.1) is 10.3 Å². The van der Waals surface area contributed by atoms with Crippen LogP contribution in [0.4, 0.5) is 0 Å². The van der Waals surface area contributed by atoms with Crippen LogP contribution in [0.1, 0.15) is 15.2 Å². The molecule has 8 nitrogen and oxygen atoms in total. The summed E-state index contributed by atoms with van der Waals surface area (Å²) in [7, 11) is -3.81. The molecule has 0 fully saturated rings. The van der Waals surface area contributed by atoms with Gasteiger partial charge in [-0.25, -0.2) is 23.3 Å². The molecule has 10 heteroatoms. The summed E-state index contributed by atoms with van der Waals surface area (Å²) in [5, 5.41) is 14.4. The quantitative estimate of drug-likeness (QED) is 0.638. The third-order valence-corrected chi connectivity index (χ3v) is 5.55. The molecule has 0 aliphatic heterocycles. The van der Waals surface area contributed by atoms with Gasteiger partial charge < -0.3 is 10.1 Å². The van der Waals surface area contributed by atoms with Crippen LogP contribution in [0.2, 0.25) is 0 Å². The minimum atomic E-state index is -3.81. The van der Waals surface area contributed by atoms with Gasteiger partial charge in [0.2, 0.25) is 10.0 Å². The van der Waals surface area contributed by atoms with Crippen LogP contribution in [0.15, 0.2) is 34.0 Å². The Balaban J connectivity index is 2.18. The Labute approximate surface area is 139 Å². The van der Waals surface area contributed by atoms with E-state index in [-0.39, 0.29) is 21.0 Å². The monoisotopic (exact) mass is 365 g/mol. The number of thiophene rings is 1. The maximum atomic E-state index is 12.3. The van der Waals surface area contributed by atoms with Gasteiger partial charge in [0, 0.05) is 5.56 Å². The maximum absolute atomic E-state index is 12.3. The summed E-state index contributed by atoms with van der Waals surface area (Å²) in [4.78, 5) is 30.6. The van der Waals surface area contributed by atoms with Crippen LogP contribution < -0.4 is 10.7 Å². The highest BCUT2D eigenvalue weighted by molar-refractivity contribution is 7.89. The van der Waals surface area contributed by atoms with Crippen LogP contribution in [0.3, 0.4) is 0 Å². The van der Waals surface area contributed by atoms with Gasteiger partial charge in [-0.15, -0.1) is 11.3 Å². The summed E-state index contributed by atoms with van der Waals surface area (Å²) in [6.07, 6.45) is 0. The van der Waals surface area contributed by atoms with Gasteiger partial charge in [0.15, 0.2) is 0 Å². The predicted octanol–water partition coefficient (Wildman–Crippen LogP) is 1.31. The lowest BCUT2D eigenvalue weighted by Gasteiger charge is -2.03. The molecule has 0 spiro atoms. The SMILES string of the molecule is Cc1c(C(=O)O)sc2nc(-c3ccc(S(N)(=O)=O)cc3)[nH]c(=O)c12. The fourth-order valence-electron chi connectivity index (χ4n) is 2.29. The maximum Gasteiger partial charge on any atom is 0.346 e. The second-order valence-corrected chi connectivity index (χ2v) is 7.59. The molecule has 124 valence electrons. The highest BCUT2D eigenvalue weighted by Gasteiger charge is 2.19. The second-order valence-electron chi connectivity index (χ2n) is 5.03. The van der Waals surface area contributed by atoms with Gasteiger partial charge in [-0.1, -0.05) is 0 Å². The number of aromatic carboxylic acids is 1. The Morgan fingerprint density at radius 1 is 1.29 bits per heavy atom. The zero-order valence-corrected chi connectivity index (χ0v) is 13.9. The van der Waals surface area contributed by atoms with E-state index in [0.29, 0.717) is 16.0 Å². The number of hydrogen-bond donors (Lipinski definition) is 3. The molecule has 24 heavy (non-hydrogen) atoms. The second kappa shape index (κ2) is 5.51. The normalized spacial score (nSPS) is 11.8. The van der Waals surface area contributed by atoms with Crippen molar-refractivity contribution in [3.05, 3.63) is 45.1 Å². The molecule has 0 radical (unpaired) electrons. The highest BCUT2D eigenvalue weighted by atomic mass is 32.2. The molecule has 2 aromatic heterocycles. The molecule has 0 unspecified atom stereocenters. The number of primary sulfonamides is 1. The predicted molar refractivity (Wildman–Crippen MR) is 88.7 cm³/mol. The minimum Gasteiger partial charge on any atom is -0.477 e. The molecule has 0 saturated heterocycles. The van der Waals surface area contributed by atoms with Crippen LogP contribution in [-0.2, 0) is 10.0 Å². The first-order valence-electron chi connectivity index (χ1n) is 6.58. The third kappa shape index (κ3) is 2.70. The van der Waals surface area contributed by atoms with Crippen molar-refractivity contribution >= 4 is 37.5 Å².